The number of alkyl halides is 3. The van der Waals surface area contributed by atoms with Crippen LogP contribution in [0.3, 0.4) is 0 Å². The van der Waals surface area contributed by atoms with Gasteiger partial charge in [-0.15, -0.1) is 0 Å². The van der Waals surface area contributed by atoms with Gasteiger partial charge in [-0.25, -0.2) is 0 Å². The zero-order chi connectivity index (χ0) is 14.3. The van der Waals surface area contributed by atoms with Gasteiger partial charge in [0.1, 0.15) is 5.75 Å². The van der Waals surface area contributed by atoms with E-state index in [4.69, 9.17) is 0 Å². The smallest absolute Gasteiger partial charge is 0.387 e. The Labute approximate surface area is 119 Å². The summed E-state index contributed by atoms with van der Waals surface area (Å²) < 4.78 is 28.1. The van der Waals surface area contributed by atoms with E-state index in [2.05, 4.69) is 26.0 Å². The molecule has 0 radical (unpaired) electrons. The highest BCUT2D eigenvalue weighted by molar-refractivity contribution is 9.09. The summed E-state index contributed by atoms with van der Waals surface area (Å²) in [5, 5.41) is 3.69. The first-order valence-electron chi connectivity index (χ1n) is 5.92. The van der Waals surface area contributed by atoms with Crippen molar-refractivity contribution in [1.82, 2.24) is 5.32 Å². The highest BCUT2D eigenvalue weighted by Crippen LogP contribution is 2.15. The predicted octanol–water partition coefficient (Wildman–Crippen LogP) is 3.44. The molecule has 0 aliphatic carbocycles. The monoisotopic (exact) mass is 335 g/mol. The Hall–Kier alpha value is -1.17. The number of nitrogens with one attached hydrogen (secondary N) is 1. The van der Waals surface area contributed by atoms with Crippen LogP contribution >= 0.6 is 15.9 Å². The summed E-state index contributed by atoms with van der Waals surface area (Å²) >= 11 is 3.34. The first-order chi connectivity index (χ1) is 9.02. The third kappa shape index (κ3) is 6.00. The summed E-state index contributed by atoms with van der Waals surface area (Å²) in [7, 11) is 0. The Bertz CT molecular complexity index is 398. The second kappa shape index (κ2) is 8.09. The molecule has 1 aromatic carbocycles. The van der Waals surface area contributed by atoms with Crippen LogP contribution in [0.5, 0.6) is 5.75 Å². The predicted molar refractivity (Wildman–Crippen MR) is 73.0 cm³/mol. The van der Waals surface area contributed by atoms with Gasteiger partial charge in [0.2, 0.25) is 0 Å². The van der Waals surface area contributed by atoms with Crippen molar-refractivity contribution in [3.05, 3.63) is 29.8 Å². The Morgan fingerprint density at radius 3 is 2.53 bits per heavy atom. The lowest BCUT2D eigenvalue weighted by atomic mass is 10.1. The van der Waals surface area contributed by atoms with Crippen LogP contribution < -0.4 is 10.1 Å². The van der Waals surface area contributed by atoms with E-state index in [0.717, 1.165) is 11.8 Å². The molecular formula is C13H16BrF2NO2. The normalized spacial score (nSPS) is 12.3. The molecule has 1 N–H and O–H groups in total. The molecule has 0 aliphatic heterocycles. The van der Waals surface area contributed by atoms with Crippen LogP contribution in [0.25, 0.3) is 0 Å². The molecule has 106 valence electrons. The minimum Gasteiger partial charge on any atom is -0.435 e. The number of halogens is 3. The number of amides is 1. The van der Waals surface area contributed by atoms with E-state index in [1.165, 1.54) is 24.3 Å². The van der Waals surface area contributed by atoms with Crippen LogP contribution in [0.1, 0.15) is 23.7 Å². The number of benzene rings is 1. The van der Waals surface area contributed by atoms with Crippen LogP contribution in [0.2, 0.25) is 0 Å². The van der Waals surface area contributed by atoms with Gasteiger partial charge in [-0.3, -0.25) is 4.79 Å². The minimum absolute atomic E-state index is 0.0409. The second-order valence-corrected chi connectivity index (χ2v) is 4.99. The maximum atomic E-state index is 12.0. The van der Waals surface area contributed by atoms with Gasteiger partial charge in [-0.1, -0.05) is 22.9 Å². The summed E-state index contributed by atoms with van der Waals surface area (Å²) in [6.45, 7) is -0.231. The fourth-order valence-electron chi connectivity index (χ4n) is 1.45. The molecule has 6 heteroatoms. The van der Waals surface area contributed by atoms with Gasteiger partial charge in [0.05, 0.1) is 0 Å². The maximum absolute atomic E-state index is 12.0. The van der Waals surface area contributed by atoms with Gasteiger partial charge in [0.25, 0.3) is 5.91 Å². The minimum atomic E-state index is -2.86. The van der Waals surface area contributed by atoms with Crippen molar-refractivity contribution in [2.45, 2.75) is 20.0 Å². The molecule has 1 unspecified atom stereocenters. The van der Waals surface area contributed by atoms with E-state index in [9.17, 15) is 13.6 Å². The van der Waals surface area contributed by atoms with Crippen molar-refractivity contribution >= 4 is 21.8 Å². The van der Waals surface area contributed by atoms with Crippen molar-refractivity contribution in [2.75, 3.05) is 11.9 Å². The molecule has 1 rings (SSSR count). The molecule has 0 bridgehead atoms. The third-order valence-electron chi connectivity index (χ3n) is 2.55. The SMILES string of the molecule is CC(CCBr)CNC(=O)c1ccc(OC(F)F)cc1. The summed E-state index contributed by atoms with van der Waals surface area (Å²) in [5.74, 6) is 0.203. The first kappa shape index (κ1) is 15.9. The molecule has 1 amide bonds. The zero-order valence-electron chi connectivity index (χ0n) is 10.5. The van der Waals surface area contributed by atoms with E-state index in [1.54, 1.807) is 0 Å². The van der Waals surface area contributed by atoms with E-state index in [0.29, 0.717) is 18.0 Å². The van der Waals surface area contributed by atoms with Crippen molar-refractivity contribution in [3.63, 3.8) is 0 Å². The topological polar surface area (TPSA) is 38.3 Å². The van der Waals surface area contributed by atoms with Gasteiger partial charge in [-0.2, -0.15) is 8.78 Å². The average molecular weight is 336 g/mol. The maximum Gasteiger partial charge on any atom is 0.387 e. The molecule has 0 saturated heterocycles. The molecule has 0 heterocycles. The zero-order valence-corrected chi connectivity index (χ0v) is 12.1. The molecule has 0 fully saturated rings. The Kier molecular flexibility index (Phi) is 6.77. The average Bonchev–Trinajstić information content (AvgIpc) is 2.36. The van der Waals surface area contributed by atoms with Gasteiger partial charge < -0.3 is 10.1 Å². The molecule has 0 aliphatic rings. The summed E-state index contributed by atoms with van der Waals surface area (Å²) in [4.78, 5) is 11.8. The Morgan fingerprint density at radius 2 is 2.00 bits per heavy atom. The molecule has 3 nitrogen and oxygen atoms in total. The number of hydrogen-bond donors (Lipinski definition) is 1. The Balaban J connectivity index is 2.48. The molecule has 0 saturated carbocycles. The van der Waals surface area contributed by atoms with Gasteiger partial charge >= 0.3 is 6.61 Å². The first-order valence-corrected chi connectivity index (χ1v) is 7.04. The number of rotatable bonds is 7. The van der Waals surface area contributed by atoms with E-state index >= 15 is 0 Å². The number of carbonyl (C=O) groups excluding carboxylic acids is 1. The summed E-state index contributed by atoms with van der Waals surface area (Å²) in [5.41, 5.74) is 0.424. The highest BCUT2D eigenvalue weighted by Gasteiger charge is 2.09. The molecule has 1 aromatic rings. The Morgan fingerprint density at radius 1 is 1.37 bits per heavy atom. The van der Waals surface area contributed by atoms with Crippen LogP contribution in [0.15, 0.2) is 24.3 Å². The van der Waals surface area contributed by atoms with Crippen LogP contribution in [0, 0.1) is 5.92 Å². The number of hydrogen-bond acceptors (Lipinski definition) is 2. The van der Waals surface area contributed by atoms with Gasteiger partial charge in [0.15, 0.2) is 0 Å². The van der Waals surface area contributed by atoms with Gasteiger partial charge in [0, 0.05) is 17.4 Å². The molecular weight excluding hydrogens is 320 g/mol. The largest absolute Gasteiger partial charge is 0.435 e. The molecule has 19 heavy (non-hydrogen) atoms. The second-order valence-electron chi connectivity index (χ2n) is 4.20. The lowest BCUT2D eigenvalue weighted by molar-refractivity contribution is -0.0498. The fourth-order valence-corrected chi connectivity index (χ4v) is 2.23. The lowest BCUT2D eigenvalue weighted by Gasteiger charge is -2.11. The lowest BCUT2D eigenvalue weighted by Crippen LogP contribution is -2.28. The standard InChI is InChI=1S/C13H16BrF2NO2/c1-9(6-7-14)8-17-12(18)10-2-4-11(5-3-10)19-13(15)16/h2-5,9,13H,6-8H2,1H3,(H,17,18). The van der Waals surface area contributed by atoms with E-state index in [-0.39, 0.29) is 11.7 Å². The summed E-state index contributed by atoms with van der Waals surface area (Å²) in [6, 6.07) is 5.62. The van der Waals surface area contributed by atoms with E-state index < -0.39 is 6.61 Å². The highest BCUT2D eigenvalue weighted by atomic mass is 79.9. The van der Waals surface area contributed by atoms with Crippen LogP contribution in [-0.4, -0.2) is 24.4 Å². The van der Waals surface area contributed by atoms with Crippen molar-refractivity contribution in [1.29, 1.82) is 0 Å². The van der Waals surface area contributed by atoms with Crippen molar-refractivity contribution < 1.29 is 18.3 Å². The molecule has 1 atom stereocenters. The van der Waals surface area contributed by atoms with Gasteiger partial charge in [-0.05, 0) is 36.6 Å². The van der Waals surface area contributed by atoms with E-state index in [1.807, 2.05) is 6.92 Å². The molecule has 0 aromatic heterocycles. The van der Waals surface area contributed by atoms with Crippen molar-refractivity contribution in [2.24, 2.45) is 5.92 Å². The number of carbonyl (C=O) groups is 1. The van der Waals surface area contributed by atoms with Crippen LogP contribution in [-0.2, 0) is 0 Å². The fraction of sp³-hybridized carbons (Fsp3) is 0.462. The number of ether oxygens (including phenoxy) is 1. The molecule has 0 spiro atoms. The third-order valence-corrected chi connectivity index (χ3v) is 3.01. The summed E-state index contributed by atoms with van der Waals surface area (Å²) in [6.07, 6.45) is 0.974. The van der Waals surface area contributed by atoms with Crippen LogP contribution in [0.4, 0.5) is 8.78 Å². The van der Waals surface area contributed by atoms with Crippen molar-refractivity contribution in [3.8, 4) is 5.75 Å². The quantitative estimate of drug-likeness (QED) is 0.775.